The molecule has 2 aromatic heterocycles. The second-order valence-corrected chi connectivity index (χ2v) is 6.62. The average molecular weight is 321 g/mol. The minimum Gasteiger partial charge on any atom is -0.356 e. The Morgan fingerprint density at radius 3 is 2.42 bits per heavy atom. The quantitative estimate of drug-likeness (QED) is 0.720. The lowest BCUT2D eigenvalue weighted by atomic mass is 10.1. The number of aryl methyl sites for hydroxylation is 2. The van der Waals surface area contributed by atoms with Crippen LogP contribution >= 0.6 is 0 Å². The molecule has 3 heterocycles. The summed E-state index contributed by atoms with van der Waals surface area (Å²) in [4.78, 5) is 11.7. The molecule has 124 valence electrons. The van der Waals surface area contributed by atoms with E-state index in [1.165, 1.54) is 31.2 Å². The van der Waals surface area contributed by atoms with Crippen molar-refractivity contribution >= 4 is 11.6 Å². The topological polar surface area (TPSA) is 46.3 Å². The lowest BCUT2D eigenvalue weighted by molar-refractivity contribution is 0.726. The normalized spacial score (nSPS) is 15.7. The number of hydrogen-bond acceptors (Lipinski definition) is 4. The Bertz CT molecular complexity index is 859. The van der Waals surface area contributed by atoms with Gasteiger partial charge in [-0.1, -0.05) is 37.1 Å². The highest BCUT2D eigenvalue weighted by molar-refractivity contribution is 5.62. The van der Waals surface area contributed by atoms with Crippen LogP contribution in [-0.4, -0.2) is 32.7 Å². The van der Waals surface area contributed by atoms with Crippen molar-refractivity contribution in [1.82, 2.24) is 19.6 Å². The molecule has 1 aliphatic heterocycles. The van der Waals surface area contributed by atoms with Crippen molar-refractivity contribution in [2.24, 2.45) is 0 Å². The number of fused-ring (bicyclic) bond motifs is 1. The van der Waals surface area contributed by atoms with Gasteiger partial charge in [0.1, 0.15) is 5.82 Å². The van der Waals surface area contributed by atoms with E-state index in [4.69, 9.17) is 10.1 Å². The van der Waals surface area contributed by atoms with Gasteiger partial charge in [0.25, 0.3) is 5.78 Å². The largest absolute Gasteiger partial charge is 0.356 e. The highest BCUT2D eigenvalue weighted by Gasteiger charge is 2.17. The second kappa shape index (κ2) is 6.23. The van der Waals surface area contributed by atoms with Crippen molar-refractivity contribution in [3.05, 3.63) is 41.6 Å². The number of benzene rings is 1. The smallest absolute Gasteiger partial charge is 0.254 e. The van der Waals surface area contributed by atoms with Crippen LogP contribution in [0.15, 0.2) is 30.3 Å². The van der Waals surface area contributed by atoms with Gasteiger partial charge in [0.05, 0.1) is 0 Å². The van der Waals surface area contributed by atoms with Gasteiger partial charge in [-0.25, -0.2) is 4.98 Å². The summed E-state index contributed by atoms with van der Waals surface area (Å²) in [6.45, 7) is 6.29. The molecule has 1 aromatic carbocycles. The van der Waals surface area contributed by atoms with E-state index in [-0.39, 0.29) is 0 Å². The van der Waals surface area contributed by atoms with Gasteiger partial charge in [-0.3, -0.25) is 0 Å². The fourth-order valence-corrected chi connectivity index (χ4v) is 3.43. The van der Waals surface area contributed by atoms with Crippen LogP contribution in [0.1, 0.15) is 36.9 Å². The first-order valence-corrected chi connectivity index (χ1v) is 8.78. The summed E-state index contributed by atoms with van der Waals surface area (Å²) >= 11 is 0. The van der Waals surface area contributed by atoms with Gasteiger partial charge in [0.2, 0.25) is 0 Å². The number of rotatable bonds is 2. The maximum absolute atomic E-state index is 4.79. The summed E-state index contributed by atoms with van der Waals surface area (Å²) in [6.07, 6.45) is 5.11. The summed E-state index contributed by atoms with van der Waals surface area (Å²) in [7, 11) is 0. The predicted octanol–water partition coefficient (Wildman–Crippen LogP) is 3.79. The molecule has 0 unspecified atom stereocenters. The van der Waals surface area contributed by atoms with Crippen LogP contribution in [0, 0.1) is 13.8 Å². The Morgan fingerprint density at radius 1 is 0.917 bits per heavy atom. The van der Waals surface area contributed by atoms with Crippen molar-refractivity contribution in [2.45, 2.75) is 39.5 Å². The second-order valence-electron chi connectivity index (χ2n) is 6.62. The molecule has 4 rings (SSSR count). The van der Waals surface area contributed by atoms with Crippen molar-refractivity contribution < 1.29 is 0 Å². The molecule has 0 N–H and O–H groups in total. The summed E-state index contributed by atoms with van der Waals surface area (Å²) in [6, 6.07) is 10.4. The third-order valence-electron chi connectivity index (χ3n) is 4.74. The molecule has 0 spiro atoms. The molecule has 24 heavy (non-hydrogen) atoms. The highest BCUT2D eigenvalue weighted by Crippen LogP contribution is 2.24. The number of nitrogens with zero attached hydrogens (tertiary/aromatic N) is 5. The Balaban J connectivity index is 1.84. The zero-order valence-corrected chi connectivity index (χ0v) is 14.4. The fourth-order valence-electron chi connectivity index (χ4n) is 3.43. The van der Waals surface area contributed by atoms with Crippen molar-refractivity contribution in [2.75, 3.05) is 18.0 Å². The van der Waals surface area contributed by atoms with Gasteiger partial charge >= 0.3 is 0 Å². The summed E-state index contributed by atoms with van der Waals surface area (Å²) in [5.41, 5.74) is 3.24. The molecule has 0 radical (unpaired) electrons. The Labute approximate surface area is 142 Å². The van der Waals surface area contributed by atoms with E-state index < -0.39 is 0 Å². The molecule has 0 saturated carbocycles. The van der Waals surface area contributed by atoms with Crippen LogP contribution in [0.25, 0.3) is 17.2 Å². The minimum absolute atomic E-state index is 0.688. The van der Waals surface area contributed by atoms with Crippen LogP contribution < -0.4 is 4.90 Å². The molecule has 1 saturated heterocycles. The molecule has 1 aliphatic rings. The molecule has 0 amide bonds. The van der Waals surface area contributed by atoms with Crippen molar-refractivity contribution in [3.8, 4) is 11.4 Å². The molecule has 5 nitrogen and oxygen atoms in total. The van der Waals surface area contributed by atoms with Gasteiger partial charge in [-0.2, -0.15) is 9.50 Å². The van der Waals surface area contributed by atoms with Crippen LogP contribution in [0.5, 0.6) is 0 Å². The Kier molecular flexibility index (Phi) is 3.92. The lowest BCUT2D eigenvalue weighted by Gasteiger charge is -2.22. The van der Waals surface area contributed by atoms with Gasteiger partial charge in [-0.05, 0) is 32.3 Å². The molecule has 0 atom stereocenters. The molecule has 5 heteroatoms. The van der Waals surface area contributed by atoms with Crippen LogP contribution in [0.2, 0.25) is 0 Å². The molecule has 1 fully saturated rings. The monoisotopic (exact) mass is 321 g/mol. The van der Waals surface area contributed by atoms with Gasteiger partial charge < -0.3 is 4.90 Å². The van der Waals surface area contributed by atoms with E-state index in [0.717, 1.165) is 36.0 Å². The SMILES string of the molecule is Cc1cc(N2CCCCCC2)n2nc(-c3ccccc3C)nc2n1. The fraction of sp³-hybridized carbons (Fsp3) is 0.421. The standard InChI is InChI=1S/C19H23N5/c1-14-9-5-6-10-16(14)18-21-19-20-15(2)13-17(24(19)22-18)23-11-7-3-4-8-12-23/h5-6,9-10,13H,3-4,7-8,11-12H2,1-2H3. The molecular weight excluding hydrogens is 298 g/mol. The Morgan fingerprint density at radius 2 is 1.67 bits per heavy atom. The van der Waals surface area contributed by atoms with Gasteiger partial charge in [0, 0.05) is 30.4 Å². The van der Waals surface area contributed by atoms with Crippen molar-refractivity contribution in [3.63, 3.8) is 0 Å². The van der Waals surface area contributed by atoms with E-state index >= 15 is 0 Å². The number of anilines is 1. The van der Waals surface area contributed by atoms with E-state index in [2.05, 4.69) is 35.0 Å². The van der Waals surface area contributed by atoms with Crippen LogP contribution in [-0.2, 0) is 0 Å². The summed E-state index contributed by atoms with van der Waals surface area (Å²) in [5.74, 6) is 2.56. The van der Waals surface area contributed by atoms with E-state index in [1.807, 2.05) is 23.6 Å². The van der Waals surface area contributed by atoms with Gasteiger partial charge in [0.15, 0.2) is 5.82 Å². The zero-order chi connectivity index (χ0) is 16.5. The molecule has 3 aromatic rings. The number of hydrogen-bond donors (Lipinski definition) is 0. The maximum atomic E-state index is 4.79. The van der Waals surface area contributed by atoms with E-state index in [9.17, 15) is 0 Å². The average Bonchev–Trinajstić information content (AvgIpc) is 2.80. The summed E-state index contributed by atoms with van der Waals surface area (Å²) < 4.78 is 1.92. The van der Waals surface area contributed by atoms with Crippen LogP contribution in [0.3, 0.4) is 0 Å². The molecule has 0 bridgehead atoms. The zero-order valence-electron chi connectivity index (χ0n) is 14.4. The first-order chi connectivity index (χ1) is 11.7. The minimum atomic E-state index is 0.688. The highest BCUT2D eigenvalue weighted by atomic mass is 15.4. The van der Waals surface area contributed by atoms with Crippen LogP contribution in [0.4, 0.5) is 5.82 Å². The predicted molar refractivity (Wildman–Crippen MR) is 96.4 cm³/mol. The third-order valence-corrected chi connectivity index (χ3v) is 4.74. The first kappa shape index (κ1) is 15.1. The first-order valence-electron chi connectivity index (χ1n) is 8.78. The third kappa shape index (κ3) is 2.75. The van der Waals surface area contributed by atoms with Crippen molar-refractivity contribution in [1.29, 1.82) is 0 Å². The summed E-state index contributed by atoms with van der Waals surface area (Å²) in [5, 5.41) is 4.79. The maximum Gasteiger partial charge on any atom is 0.254 e. The van der Waals surface area contributed by atoms with E-state index in [1.54, 1.807) is 0 Å². The molecular formula is C19H23N5. The van der Waals surface area contributed by atoms with Gasteiger partial charge in [-0.15, -0.1) is 5.10 Å². The van der Waals surface area contributed by atoms with E-state index in [0.29, 0.717) is 5.78 Å². The lowest BCUT2D eigenvalue weighted by Crippen LogP contribution is -2.26. The number of aromatic nitrogens is 4. The Hall–Kier alpha value is -2.43. The molecule has 0 aliphatic carbocycles.